The van der Waals surface area contributed by atoms with E-state index >= 15 is 0 Å². The molecule has 1 N–H and O–H groups in total. The molecule has 0 bridgehead atoms. The van der Waals surface area contributed by atoms with Crippen molar-refractivity contribution in [2.24, 2.45) is 5.92 Å². The second kappa shape index (κ2) is 8.02. The van der Waals surface area contributed by atoms with Crippen LogP contribution in [0.1, 0.15) is 32.3 Å². The van der Waals surface area contributed by atoms with Crippen molar-refractivity contribution in [1.29, 1.82) is 0 Å². The Kier molecular flexibility index (Phi) is 6.34. The van der Waals surface area contributed by atoms with Gasteiger partial charge in [-0.1, -0.05) is 31.5 Å². The molecule has 0 radical (unpaired) electrons. The number of ether oxygens (including phenoxy) is 1. The zero-order chi connectivity index (χ0) is 15.2. The van der Waals surface area contributed by atoms with E-state index in [0.29, 0.717) is 12.0 Å². The van der Waals surface area contributed by atoms with Gasteiger partial charge in [-0.3, -0.25) is 0 Å². The summed E-state index contributed by atoms with van der Waals surface area (Å²) in [4.78, 5) is 2.32. The van der Waals surface area contributed by atoms with Gasteiger partial charge >= 0.3 is 0 Å². The normalized spacial score (nSPS) is 19.0. The molecule has 3 nitrogen and oxygen atoms in total. The molecule has 1 unspecified atom stereocenters. The van der Waals surface area contributed by atoms with Crippen molar-refractivity contribution >= 4 is 17.3 Å². The molecule has 1 aromatic carbocycles. The van der Waals surface area contributed by atoms with Crippen LogP contribution >= 0.6 is 11.6 Å². The first kappa shape index (κ1) is 16.6. The summed E-state index contributed by atoms with van der Waals surface area (Å²) in [6.45, 7) is 8.02. The number of anilines is 1. The van der Waals surface area contributed by atoms with E-state index in [2.05, 4.69) is 43.2 Å². The van der Waals surface area contributed by atoms with E-state index in [-0.39, 0.29) is 0 Å². The lowest BCUT2D eigenvalue weighted by molar-refractivity contribution is 0.0576. The van der Waals surface area contributed by atoms with Crippen molar-refractivity contribution < 1.29 is 4.74 Å². The Labute approximate surface area is 133 Å². The van der Waals surface area contributed by atoms with Crippen LogP contribution in [-0.4, -0.2) is 32.8 Å². The molecule has 2 rings (SSSR count). The molecule has 4 heteroatoms. The third-order valence-electron chi connectivity index (χ3n) is 3.95. The fraction of sp³-hybridized carbons (Fsp3) is 0.647. The van der Waals surface area contributed by atoms with Gasteiger partial charge in [-0.15, -0.1) is 0 Å². The predicted molar refractivity (Wildman–Crippen MR) is 90.2 cm³/mol. The van der Waals surface area contributed by atoms with Gasteiger partial charge in [-0.2, -0.15) is 0 Å². The molecule has 0 aromatic heterocycles. The fourth-order valence-corrected chi connectivity index (χ4v) is 2.96. The molecule has 1 saturated heterocycles. The number of nitrogens with one attached hydrogen (secondary N) is 1. The minimum absolute atomic E-state index is 0.477. The Bertz CT molecular complexity index is 444. The van der Waals surface area contributed by atoms with E-state index in [0.717, 1.165) is 31.3 Å². The van der Waals surface area contributed by atoms with Crippen LogP contribution in [0, 0.1) is 5.92 Å². The van der Waals surface area contributed by atoms with Crippen molar-refractivity contribution in [3.05, 3.63) is 28.8 Å². The summed E-state index contributed by atoms with van der Waals surface area (Å²) in [6, 6.07) is 6.65. The Balaban J connectivity index is 2.06. The first-order chi connectivity index (χ1) is 10.1. The third kappa shape index (κ3) is 5.17. The molecule has 1 fully saturated rings. The zero-order valence-electron chi connectivity index (χ0n) is 13.4. The van der Waals surface area contributed by atoms with E-state index in [4.69, 9.17) is 16.3 Å². The van der Waals surface area contributed by atoms with Crippen LogP contribution in [-0.2, 0) is 11.3 Å². The highest BCUT2D eigenvalue weighted by atomic mass is 35.5. The van der Waals surface area contributed by atoms with Gasteiger partial charge in [0.1, 0.15) is 0 Å². The Morgan fingerprint density at radius 1 is 1.43 bits per heavy atom. The van der Waals surface area contributed by atoms with Crippen molar-refractivity contribution in [2.75, 3.05) is 31.7 Å². The highest BCUT2D eigenvalue weighted by Crippen LogP contribution is 2.26. The minimum atomic E-state index is 0.477. The number of benzene rings is 1. The molecule has 0 amide bonds. The number of nitrogens with zero attached hydrogens (tertiary/aromatic N) is 1. The summed E-state index contributed by atoms with van der Waals surface area (Å²) in [5.41, 5.74) is 2.52. The summed E-state index contributed by atoms with van der Waals surface area (Å²) >= 11 is 6.19. The number of halogens is 1. The Hall–Kier alpha value is -0.770. The van der Waals surface area contributed by atoms with Gasteiger partial charge in [0.05, 0.1) is 6.61 Å². The maximum absolute atomic E-state index is 6.19. The molecule has 0 aliphatic carbocycles. The molecule has 1 aromatic rings. The number of hydrogen-bond acceptors (Lipinski definition) is 3. The first-order valence-electron chi connectivity index (χ1n) is 7.87. The van der Waals surface area contributed by atoms with Crippen molar-refractivity contribution in [1.82, 2.24) is 5.32 Å². The van der Waals surface area contributed by atoms with E-state index in [1.165, 1.54) is 24.1 Å². The standard InChI is InChI=1S/C17H27ClN2O/c1-13(2)19-10-15-6-7-16(18)9-17(15)20(3)11-14-5-4-8-21-12-14/h6-7,9,13-14,19H,4-5,8,10-12H2,1-3H3. The van der Waals surface area contributed by atoms with Crippen LogP contribution in [0.4, 0.5) is 5.69 Å². The maximum atomic E-state index is 6.19. The second-order valence-corrected chi connectivity index (χ2v) is 6.71. The average Bonchev–Trinajstić information content (AvgIpc) is 2.46. The van der Waals surface area contributed by atoms with Crippen LogP contribution in [0.25, 0.3) is 0 Å². The molecule has 1 heterocycles. The van der Waals surface area contributed by atoms with E-state index < -0.39 is 0 Å². The largest absolute Gasteiger partial charge is 0.381 e. The molecule has 1 aliphatic heterocycles. The van der Waals surface area contributed by atoms with E-state index in [9.17, 15) is 0 Å². The Morgan fingerprint density at radius 3 is 2.90 bits per heavy atom. The van der Waals surface area contributed by atoms with Crippen molar-refractivity contribution in [3.63, 3.8) is 0 Å². The van der Waals surface area contributed by atoms with Crippen molar-refractivity contribution in [3.8, 4) is 0 Å². The molecule has 0 spiro atoms. The van der Waals surface area contributed by atoms with Crippen LogP contribution < -0.4 is 10.2 Å². The van der Waals surface area contributed by atoms with Gasteiger partial charge in [0.25, 0.3) is 0 Å². The lowest BCUT2D eigenvalue weighted by Gasteiger charge is -2.30. The van der Waals surface area contributed by atoms with Crippen LogP contribution in [0.3, 0.4) is 0 Å². The van der Waals surface area contributed by atoms with Crippen LogP contribution in [0.2, 0.25) is 5.02 Å². The highest BCUT2D eigenvalue weighted by molar-refractivity contribution is 6.30. The molecule has 1 atom stereocenters. The molecule has 0 saturated carbocycles. The lowest BCUT2D eigenvalue weighted by Crippen LogP contribution is -2.32. The molecular weight excluding hydrogens is 284 g/mol. The second-order valence-electron chi connectivity index (χ2n) is 6.27. The van der Waals surface area contributed by atoms with Gasteiger partial charge in [-0.05, 0) is 36.5 Å². The number of hydrogen-bond donors (Lipinski definition) is 1. The quantitative estimate of drug-likeness (QED) is 0.867. The summed E-state index contributed by atoms with van der Waals surface area (Å²) in [5.74, 6) is 0.619. The monoisotopic (exact) mass is 310 g/mol. The molecule has 118 valence electrons. The van der Waals surface area contributed by atoms with E-state index in [1.54, 1.807) is 0 Å². The maximum Gasteiger partial charge on any atom is 0.0511 e. The Morgan fingerprint density at radius 2 is 2.24 bits per heavy atom. The lowest BCUT2D eigenvalue weighted by atomic mass is 10.0. The smallest absolute Gasteiger partial charge is 0.0511 e. The average molecular weight is 311 g/mol. The van der Waals surface area contributed by atoms with Gasteiger partial charge in [0, 0.05) is 43.5 Å². The summed E-state index contributed by atoms with van der Waals surface area (Å²) in [7, 11) is 2.15. The van der Waals surface area contributed by atoms with Gasteiger partial charge in [0.15, 0.2) is 0 Å². The molecular formula is C17H27ClN2O. The summed E-state index contributed by atoms with van der Waals surface area (Å²) < 4.78 is 5.59. The van der Waals surface area contributed by atoms with Gasteiger partial charge < -0.3 is 15.0 Å². The summed E-state index contributed by atoms with van der Waals surface area (Å²) in [6.07, 6.45) is 2.43. The minimum Gasteiger partial charge on any atom is -0.381 e. The zero-order valence-corrected chi connectivity index (χ0v) is 14.1. The molecule has 21 heavy (non-hydrogen) atoms. The molecule has 1 aliphatic rings. The van der Waals surface area contributed by atoms with Crippen LogP contribution in [0.5, 0.6) is 0 Å². The van der Waals surface area contributed by atoms with E-state index in [1.807, 2.05) is 6.07 Å². The first-order valence-corrected chi connectivity index (χ1v) is 8.24. The highest BCUT2D eigenvalue weighted by Gasteiger charge is 2.17. The van der Waals surface area contributed by atoms with Crippen LogP contribution in [0.15, 0.2) is 18.2 Å². The van der Waals surface area contributed by atoms with Gasteiger partial charge in [0.2, 0.25) is 0 Å². The van der Waals surface area contributed by atoms with Gasteiger partial charge in [-0.25, -0.2) is 0 Å². The predicted octanol–water partition coefficient (Wildman–Crippen LogP) is 3.70. The SMILES string of the molecule is CC(C)NCc1ccc(Cl)cc1N(C)CC1CCCOC1. The summed E-state index contributed by atoms with van der Waals surface area (Å²) in [5, 5.41) is 4.28. The number of rotatable bonds is 6. The topological polar surface area (TPSA) is 24.5 Å². The third-order valence-corrected chi connectivity index (χ3v) is 4.18. The van der Waals surface area contributed by atoms with Crippen molar-refractivity contribution in [2.45, 2.75) is 39.3 Å². The fourth-order valence-electron chi connectivity index (χ4n) is 2.79.